The van der Waals surface area contributed by atoms with Gasteiger partial charge in [0.15, 0.2) is 0 Å². The summed E-state index contributed by atoms with van der Waals surface area (Å²) >= 11 is -0.306. The highest BCUT2D eigenvalue weighted by molar-refractivity contribution is 7.36. The molecule has 0 aromatic rings. The maximum atomic E-state index is 5.09. The van der Waals surface area contributed by atoms with Crippen molar-refractivity contribution in [3.63, 3.8) is 0 Å². The van der Waals surface area contributed by atoms with E-state index in [1.165, 1.54) is 0 Å². The van der Waals surface area contributed by atoms with Crippen molar-refractivity contribution in [2.75, 3.05) is 0 Å². The summed E-state index contributed by atoms with van der Waals surface area (Å²) in [6.07, 6.45) is 0. The van der Waals surface area contributed by atoms with Gasteiger partial charge in [-0.2, -0.15) is 20.1 Å². The maximum Gasteiger partial charge on any atom is 1.13 e. The fraction of sp³-hybridized carbons (Fsp3) is 0. The van der Waals surface area contributed by atoms with Crippen LogP contribution in [0.4, 0.5) is 0 Å². The summed E-state index contributed by atoms with van der Waals surface area (Å²) in [5.41, 5.74) is 0. The Labute approximate surface area is 81.9 Å². The molecule has 0 saturated heterocycles. The lowest BCUT2D eigenvalue weighted by atomic mass is 26.5. The molecule has 0 heterocycles. The van der Waals surface area contributed by atoms with E-state index in [4.69, 9.17) is 40.2 Å². The van der Waals surface area contributed by atoms with Crippen LogP contribution in [0.3, 0.4) is 0 Å². The van der Waals surface area contributed by atoms with Crippen LogP contribution >= 0.6 is 40.2 Å². The summed E-state index contributed by atoms with van der Waals surface area (Å²) in [6.45, 7) is 0. The smallest absolute Gasteiger partial charge is 0.512 e. The van der Waals surface area contributed by atoms with E-state index in [2.05, 4.69) is 20.1 Å². The average molecular weight is 269 g/mol. The topological polar surface area (TPSA) is 0 Å². The van der Waals surface area contributed by atoms with Gasteiger partial charge in [0.2, 0.25) is 0 Å². The molecule has 0 rings (SSSR count). The molecule has 0 atom stereocenters. The second-order valence-electron chi connectivity index (χ2n) is 0.618. The van der Waals surface area contributed by atoms with Crippen molar-refractivity contribution in [2.45, 2.75) is 0 Å². The van der Waals surface area contributed by atoms with Crippen molar-refractivity contribution in [1.29, 1.82) is 0 Å². The molecular weight excluding hydrogens is 267 g/mol. The van der Waals surface area contributed by atoms with Crippen LogP contribution in [0.5, 0.6) is 0 Å². The van der Waals surface area contributed by atoms with Crippen molar-refractivity contribution in [3.8, 4) is 0 Å². The fourth-order valence-corrected chi connectivity index (χ4v) is 0. The maximum absolute atomic E-state index is 5.09. The van der Waals surface area contributed by atoms with E-state index in [9.17, 15) is 0 Å². The van der Waals surface area contributed by atoms with Gasteiger partial charge in [-0.3, -0.25) is 20.1 Å². The summed E-state index contributed by atoms with van der Waals surface area (Å²) in [5.74, 6) is 0. The second kappa shape index (κ2) is 7.91. The zero-order valence-corrected chi connectivity index (χ0v) is 10.4. The molecule has 50 valence electrons. The molecule has 0 amide bonds. The summed E-state index contributed by atoms with van der Waals surface area (Å²) < 4.78 is 0. The summed E-state index contributed by atoms with van der Waals surface area (Å²) in [6, 6.07) is 0. The molecule has 0 aliphatic heterocycles. The molecular formula is H2Al2Cl6. The first-order valence-corrected chi connectivity index (χ1v) is 12.1. The zero-order chi connectivity index (χ0) is 7.21. The number of halogens is 6. The molecule has 0 unspecified atom stereocenters. The van der Waals surface area contributed by atoms with Gasteiger partial charge < -0.3 is 20.1 Å². The van der Waals surface area contributed by atoms with Crippen LogP contribution in [0, 0.1) is 20.1 Å². The van der Waals surface area contributed by atoms with Crippen LogP contribution in [0.2, 0.25) is 0 Å². The lowest BCUT2D eigenvalue weighted by Crippen LogP contribution is -2.07. The average Bonchev–Trinajstić information content (AvgIpc) is 1.27. The normalized spacial score (nSPS) is 9.75. The molecule has 0 aromatic carbocycles. The van der Waals surface area contributed by atoms with Crippen molar-refractivity contribution in [1.82, 2.24) is 0 Å². The van der Waals surface area contributed by atoms with Gasteiger partial charge in [-0.25, -0.2) is 0 Å². The lowest BCUT2D eigenvalue weighted by Gasteiger charge is -1.68. The molecule has 0 nitrogen and oxygen atoms in total. The number of hydrogen-bond acceptors (Lipinski definition) is 0. The molecule has 2 radical (unpaired) electrons. The molecule has 0 aromatic heterocycles. The molecule has 0 aliphatic carbocycles. The molecule has 0 fully saturated rings. The number of hydrogen-bond donors (Lipinski definition) is 0. The standard InChI is InChI=1S/2Al.6ClH/h;;6*1H/q+1;+3;;;;;;/p-4. The highest BCUT2D eigenvalue weighted by Crippen LogP contribution is 2.06. The summed E-state index contributed by atoms with van der Waals surface area (Å²) in [4.78, 5) is 0. The van der Waals surface area contributed by atoms with Crippen LogP contribution in [0.1, 0.15) is 0 Å². The van der Waals surface area contributed by atoms with Gasteiger partial charge in [-0.1, -0.05) is 0 Å². The Kier molecular flexibility index (Phi) is 13.2. The zero-order valence-electron chi connectivity index (χ0n) is 3.48. The molecule has 8 heavy (non-hydrogen) atoms. The van der Waals surface area contributed by atoms with Gasteiger partial charge in [0.25, 0.3) is 0 Å². The second-order valence-corrected chi connectivity index (χ2v) is 16.7. The van der Waals surface area contributed by atoms with Gasteiger partial charge in [-0.05, 0) is 0 Å². The van der Waals surface area contributed by atoms with Crippen molar-refractivity contribution < 1.29 is 20.1 Å². The SMILES string of the molecule is [Cl][Al-]([Cl])([ClH+])[ClH+].[Cl][Al-][Cl]. The minimum Gasteiger partial charge on any atom is -0.512 e. The van der Waals surface area contributed by atoms with Crippen LogP contribution < -0.4 is 0 Å². The van der Waals surface area contributed by atoms with E-state index in [1.54, 1.807) is 0 Å². The van der Waals surface area contributed by atoms with Crippen molar-refractivity contribution in [2.24, 2.45) is 0 Å². The van der Waals surface area contributed by atoms with Gasteiger partial charge in [-0.15, -0.1) is 0 Å². The van der Waals surface area contributed by atoms with Crippen LogP contribution in [-0.2, 0) is 0 Å². The van der Waals surface area contributed by atoms with Gasteiger partial charge in [0, 0.05) is 13.4 Å². The third-order valence-corrected chi connectivity index (χ3v) is 0. The van der Waals surface area contributed by atoms with Gasteiger partial charge in [0.1, 0.15) is 0 Å². The lowest BCUT2D eigenvalue weighted by molar-refractivity contribution is -0.345. The Morgan fingerprint density at radius 1 is 1.12 bits per heavy atom. The Morgan fingerprint density at radius 3 is 1.12 bits per heavy atom. The third kappa shape index (κ3) is 68.2. The fourth-order valence-electron chi connectivity index (χ4n) is 0. The molecule has 0 N–H and O–H groups in total. The first-order valence-electron chi connectivity index (χ1n) is 1.34. The third-order valence-electron chi connectivity index (χ3n) is 0. The van der Waals surface area contributed by atoms with Crippen LogP contribution in [0.25, 0.3) is 0 Å². The largest absolute Gasteiger partial charge is 1.13 e. The first-order chi connectivity index (χ1) is 3.41. The minimum absolute atomic E-state index is 0.306. The van der Waals surface area contributed by atoms with Gasteiger partial charge in [0.05, 0.1) is 0 Å². The van der Waals surface area contributed by atoms with E-state index in [0.29, 0.717) is 0 Å². The Bertz CT molecular complexity index is 30.3. The van der Waals surface area contributed by atoms with E-state index in [-0.39, 0.29) is 13.4 Å². The first kappa shape index (κ1) is 13.4. The Balaban J connectivity index is 0. The predicted molar refractivity (Wildman–Crippen MR) is 37.7 cm³/mol. The highest BCUT2D eigenvalue weighted by atomic mass is 35.9. The van der Waals surface area contributed by atoms with Crippen molar-refractivity contribution >= 4 is 63.0 Å². The van der Waals surface area contributed by atoms with E-state index in [1.807, 2.05) is 0 Å². The van der Waals surface area contributed by atoms with E-state index in [0.717, 1.165) is 0 Å². The van der Waals surface area contributed by atoms with Crippen molar-refractivity contribution in [3.05, 3.63) is 0 Å². The Hall–Kier alpha value is 2.80. The van der Waals surface area contributed by atoms with Crippen LogP contribution in [0.15, 0.2) is 0 Å². The minimum atomic E-state index is -2.72. The number of rotatable bonds is 0. The molecule has 0 bridgehead atoms. The highest BCUT2D eigenvalue weighted by Gasteiger charge is 2.57. The molecule has 0 spiro atoms. The Morgan fingerprint density at radius 2 is 1.12 bits per heavy atom. The molecule has 0 saturated carbocycles. The van der Waals surface area contributed by atoms with E-state index >= 15 is 0 Å². The monoisotopic (exact) mass is 266 g/mol. The predicted octanol–water partition coefficient (Wildman–Crippen LogP) is 1.46. The quantitative estimate of drug-likeness (QED) is 0.584. The van der Waals surface area contributed by atoms with Gasteiger partial charge >= 0.3 is 9.39 Å². The van der Waals surface area contributed by atoms with Crippen LogP contribution in [-0.4, -0.2) is 22.8 Å². The van der Waals surface area contributed by atoms with E-state index < -0.39 is 9.39 Å². The molecule has 8 heteroatoms. The summed E-state index contributed by atoms with van der Waals surface area (Å²) in [5, 5.41) is 0. The molecule has 0 aliphatic rings. The summed E-state index contributed by atoms with van der Waals surface area (Å²) in [7, 11) is 25.8.